The van der Waals surface area contributed by atoms with Crippen LogP contribution in [0.5, 0.6) is 0 Å². The van der Waals surface area contributed by atoms with E-state index in [2.05, 4.69) is 191 Å². The van der Waals surface area contributed by atoms with E-state index >= 15 is 0 Å². The summed E-state index contributed by atoms with van der Waals surface area (Å²) in [6.45, 7) is 2.38. The van der Waals surface area contributed by atoms with E-state index < -0.39 is 0 Å². The van der Waals surface area contributed by atoms with Gasteiger partial charge in [0.1, 0.15) is 0 Å². The predicted octanol–water partition coefficient (Wildman–Crippen LogP) is 13.2. The van der Waals surface area contributed by atoms with E-state index in [1.807, 2.05) is 12.4 Å². The summed E-state index contributed by atoms with van der Waals surface area (Å²) in [5, 5.41) is 3.82. The van der Waals surface area contributed by atoms with Crippen LogP contribution in [0.15, 0.2) is 176 Å². The van der Waals surface area contributed by atoms with Gasteiger partial charge >= 0.3 is 0 Å². The van der Waals surface area contributed by atoms with Gasteiger partial charge in [0.15, 0.2) is 0 Å². The van der Waals surface area contributed by atoms with Crippen molar-refractivity contribution in [1.29, 1.82) is 0 Å². The Hall–Kier alpha value is -6.65. The maximum absolute atomic E-state index is 4.89. The SMILES string of the molecule is CC1CCC=Cc2c1c1ccccc1n2-c1cc(-c2cncc(N(c3ccccc3)c3ccccc3)c2)cc(-n2c3ccccc3c3ccccc32)c1. The molecule has 254 valence electrons. The lowest BCUT2D eigenvalue weighted by atomic mass is 9.95. The highest BCUT2D eigenvalue weighted by atomic mass is 15.1. The predicted molar refractivity (Wildman–Crippen MR) is 222 cm³/mol. The molecule has 4 nitrogen and oxygen atoms in total. The van der Waals surface area contributed by atoms with Crippen molar-refractivity contribution in [3.63, 3.8) is 0 Å². The molecule has 0 radical (unpaired) electrons. The summed E-state index contributed by atoms with van der Waals surface area (Å²) in [6.07, 6.45) is 10.9. The first-order chi connectivity index (χ1) is 26.2. The van der Waals surface area contributed by atoms with E-state index in [0.717, 1.165) is 52.4 Å². The van der Waals surface area contributed by atoms with Crippen LogP contribution in [0.2, 0.25) is 0 Å². The molecule has 0 aliphatic heterocycles. The normalized spacial score (nSPS) is 14.1. The van der Waals surface area contributed by atoms with E-state index in [0.29, 0.717) is 5.92 Å². The molecular weight excluding hydrogens is 645 g/mol. The minimum atomic E-state index is 0.453. The minimum absolute atomic E-state index is 0.453. The fourth-order valence-electron chi connectivity index (χ4n) is 8.46. The van der Waals surface area contributed by atoms with Crippen molar-refractivity contribution < 1.29 is 0 Å². The number of para-hydroxylation sites is 5. The molecule has 1 aliphatic carbocycles. The first kappa shape index (κ1) is 31.1. The maximum atomic E-state index is 4.89. The number of allylic oxidation sites excluding steroid dienone is 1. The maximum Gasteiger partial charge on any atom is 0.0651 e. The van der Waals surface area contributed by atoms with Crippen LogP contribution in [0.25, 0.3) is 61.3 Å². The van der Waals surface area contributed by atoms with Gasteiger partial charge in [-0.1, -0.05) is 104 Å². The Morgan fingerprint density at radius 1 is 0.528 bits per heavy atom. The van der Waals surface area contributed by atoms with E-state index in [-0.39, 0.29) is 0 Å². The fourth-order valence-corrected chi connectivity index (χ4v) is 8.46. The molecule has 0 fully saturated rings. The van der Waals surface area contributed by atoms with Crippen molar-refractivity contribution in [2.45, 2.75) is 25.7 Å². The monoisotopic (exact) mass is 682 g/mol. The van der Waals surface area contributed by atoms with Gasteiger partial charge in [0, 0.05) is 56.4 Å². The summed E-state index contributed by atoms with van der Waals surface area (Å²) >= 11 is 0. The topological polar surface area (TPSA) is 26.0 Å². The Balaban J connectivity index is 1.25. The van der Waals surface area contributed by atoms with Gasteiger partial charge < -0.3 is 14.0 Å². The van der Waals surface area contributed by atoms with Crippen LogP contribution in [-0.4, -0.2) is 14.1 Å². The number of benzene rings is 6. The van der Waals surface area contributed by atoms with Gasteiger partial charge in [-0.15, -0.1) is 0 Å². The molecule has 0 spiro atoms. The number of rotatable bonds is 6. The average Bonchev–Trinajstić information content (AvgIpc) is 3.66. The largest absolute Gasteiger partial charge is 0.309 e. The van der Waals surface area contributed by atoms with Crippen molar-refractivity contribution >= 4 is 55.8 Å². The van der Waals surface area contributed by atoms with Gasteiger partial charge in [-0.25, -0.2) is 0 Å². The van der Waals surface area contributed by atoms with Crippen LogP contribution in [-0.2, 0) is 0 Å². The highest BCUT2D eigenvalue weighted by Crippen LogP contribution is 2.42. The van der Waals surface area contributed by atoms with Crippen LogP contribution in [0, 0.1) is 0 Å². The van der Waals surface area contributed by atoms with E-state index in [1.54, 1.807) is 0 Å². The minimum Gasteiger partial charge on any atom is -0.309 e. The Morgan fingerprint density at radius 3 is 1.72 bits per heavy atom. The van der Waals surface area contributed by atoms with E-state index in [4.69, 9.17) is 4.98 Å². The number of aromatic nitrogens is 3. The molecule has 1 aliphatic rings. The highest BCUT2D eigenvalue weighted by molar-refractivity contribution is 6.09. The van der Waals surface area contributed by atoms with E-state index in [1.165, 1.54) is 44.0 Å². The van der Waals surface area contributed by atoms with Gasteiger partial charge in [-0.2, -0.15) is 0 Å². The summed E-state index contributed by atoms with van der Waals surface area (Å²) in [5.74, 6) is 0.453. The van der Waals surface area contributed by atoms with Crippen molar-refractivity contribution in [2.24, 2.45) is 0 Å². The molecule has 0 saturated heterocycles. The zero-order valence-electron chi connectivity index (χ0n) is 29.6. The third-order valence-electron chi connectivity index (χ3n) is 10.8. The summed E-state index contributed by atoms with van der Waals surface area (Å²) in [4.78, 5) is 7.17. The number of hydrogen-bond donors (Lipinski definition) is 0. The number of pyridine rings is 1. The second-order valence-corrected chi connectivity index (χ2v) is 14.1. The van der Waals surface area contributed by atoms with Crippen LogP contribution in [0.4, 0.5) is 17.1 Å². The second kappa shape index (κ2) is 12.8. The van der Waals surface area contributed by atoms with Gasteiger partial charge in [-0.3, -0.25) is 4.98 Å². The molecule has 9 aromatic rings. The first-order valence-corrected chi connectivity index (χ1v) is 18.5. The van der Waals surface area contributed by atoms with Crippen molar-refractivity contribution in [3.05, 3.63) is 187 Å². The average molecular weight is 683 g/mol. The highest BCUT2D eigenvalue weighted by Gasteiger charge is 2.24. The first-order valence-electron chi connectivity index (χ1n) is 18.5. The zero-order chi connectivity index (χ0) is 35.3. The van der Waals surface area contributed by atoms with Crippen LogP contribution in [0.3, 0.4) is 0 Å². The lowest BCUT2D eigenvalue weighted by molar-refractivity contribution is 0.699. The zero-order valence-corrected chi connectivity index (χ0v) is 29.6. The number of fused-ring (bicyclic) bond motifs is 6. The molecule has 53 heavy (non-hydrogen) atoms. The quantitative estimate of drug-likeness (QED) is 0.174. The molecule has 3 heterocycles. The van der Waals surface area contributed by atoms with Crippen molar-refractivity contribution in [2.75, 3.05) is 4.90 Å². The Bertz CT molecular complexity index is 2710. The summed E-state index contributed by atoms with van der Waals surface area (Å²) < 4.78 is 4.92. The standard InChI is InChI=1S/C49H38N4/c1-34-16-8-12-27-48-49(34)44-23-11-15-26-47(44)53(48)40-29-35(28-39(31-40)52-45-24-13-9-21-42(45)43-22-10-14-25-46(43)52)36-30-41(33-50-32-36)51(37-17-4-2-5-18-37)38-19-6-3-7-20-38/h2-7,9-15,17-34H,8,16H2,1H3. The number of anilines is 3. The van der Waals surface area contributed by atoms with Gasteiger partial charge in [0.25, 0.3) is 0 Å². The second-order valence-electron chi connectivity index (χ2n) is 14.1. The molecule has 4 heteroatoms. The van der Waals surface area contributed by atoms with Crippen molar-refractivity contribution in [1.82, 2.24) is 14.1 Å². The molecule has 0 amide bonds. The molecule has 0 N–H and O–H groups in total. The third-order valence-corrected chi connectivity index (χ3v) is 10.8. The summed E-state index contributed by atoms with van der Waals surface area (Å²) in [5.41, 5.74) is 13.9. The van der Waals surface area contributed by atoms with Crippen LogP contribution >= 0.6 is 0 Å². The van der Waals surface area contributed by atoms with Gasteiger partial charge in [-0.05, 0) is 103 Å². The van der Waals surface area contributed by atoms with Gasteiger partial charge in [0.05, 0.1) is 28.4 Å². The molecular formula is C49H38N4. The molecule has 10 rings (SSSR count). The molecule has 6 aromatic carbocycles. The Labute approximate surface area is 309 Å². The lowest BCUT2D eigenvalue weighted by Crippen LogP contribution is -2.10. The van der Waals surface area contributed by atoms with Crippen LogP contribution < -0.4 is 4.90 Å². The molecule has 0 saturated carbocycles. The Morgan fingerprint density at radius 2 is 1.08 bits per heavy atom. The molecule has 1 unspecified atom stereocenters. The fraction of sp³-hybridized carbons (Fsp3) is 0.0816. The molecule has 1 atom stereocenters. The molecule has 0 bridgehead atoms. The van der Waals surface area contributed by atoms with Crippen LogP contribution in [0.1, 0.15) is 36.9 Å². The number of nitrogens with zero attached hydrogens (tertiary/aromatic N) is 4. The smallest absolute Gasteiger partial charge is 0.0651 e. The number of hydrogen-bond acceptors (Lipinski definition) is 2. The third kappa shape index (κ3) is 5.25. The summed E-state index contributed by atoms with van der Waals surface area (Å²) in [6, 6.07) is 56.8. The van der Waals surface area contributed by atoms with Gasteiger partial charge in [0.2, 0.25) is 0 Å². The van der Waals surface area contributed by atoms with E-state index in [9.17, 15) is 0 Å². The molecule has 3 aromatic heterocycles. The van der Waals surface area contributed by atoms with Crippen molar-refractivity contribution in [3.8, 4) is 22.5 Å². The Kier molecular flexibility index (Phi) is 7.54. The summed E-state index contributed by atoms with van der Waals surface area (Å²) in [7, 11) is 0. The lowest BCUT2D eigenvalue weighted by Gasteiger charge is -2.25.